The third-order valence-corrected chi connectivity index (χ3v) is 1.72. The fraction of sp³-hybridized carbons (Fsp3) is 1.00. The summed E-state index contributed by atoms with van der Waals surface area (Å²) >= 11 is 0. The van der Waals surface area contributed by atoms with Crippen LogP contribution in [0, 0.1) is 0 Å². The standard InChI is InChI=1S/C6H15NO.H3N/c1-3-6(7,4-2)5-8;/h8H,3-5,7H2,1-2H3;1H3. The van der Waals surface area contributed by atoms with Crippen molar-refractivity contribution in [1.82, 2.24) is 6.15 Å². The van der Waals surface area contributed by atoms with E-state index in [4.69, 9.17) is 10.8 Å². The highest BCUT2D eigenvalue weighted by atomic mass is 16.3. The summed E-state index contributed by atoms with van der Waals surface area (Å²) in [5, 5.41) is 8.66. The predicted octanol–water partition coefficient (Wildman–Crippen LogP) is 0.658. The topological polar surface area (TPSA) is 81.2 Å². The second-order valence-electron chi connectivity index (χ2n) is 2.23. The third kappa shape index (κ3) is 3.46. The molecule has 6 N–H and O–H groups in total. The van der Waals surface area contributed by atoms with E-state index in [1.165, 1.54) is 0 Å². The van der Waals surface area contributed by atoms with Crippen LogP contribution < -0.4 is 11.9 Å². The van der Waals surface area contributed by atoms with Gasteiger partial charge >= 0.3 is 0 Å². The van der Waals surface area contributed by atoms with Gasteiger partial charge in [-0.3, -0.25) is 0 Å². The molecule has 0 aliphatic rings. The van der Waals surface area contributed by atoms with E-state index in [0.717, 1.165) is 12.8 Å². The van der Waals surface area contributed by atoms with Crippen LogP contribution in [0.1, 0.15) is 26.7 Å². The van der Waals surface area contributed by atoms with E-state index in [0.29, 0.717) is 0 Å². The van der Waals surface area contributed by atoms with Crippen LogP contribution in [0.25, 0.3) is 0 Å². The van der Waals surface area contributed by atoms with Gasteiger partial charge in [-0.15, -0.1) is 0 Å². The first-order valence-corrected chi connectivity index (χ1v) is 3.08. The van der Waals surface area contributed by atoms with Gasteiger partial charge in [-0.2, -0.15) is 0 Å². The number of aliphatic hydroxyl groups excluding tert-OH is 1. The van der Waals surface area contributed by atoms with Crippen molar-refractivity contribution in [3.05, 3.63) is 0 Å². The molecule has 0 radical (unpaired) electrons. The molecule has 0 aliphatic carbocycles. The van der Waals surface area contributed by atoms with E-state index in [1.54, 1.807) is 0 Å². The molecule has 0 unspecified atom stereocenters. The zero-order valence-corrected chi connectivity index (χ0v) is 6.35. The minimum atomic E-state index is -0.319. The second kappa shape index (κ2) is 4.73. The Labute approximate surface area is 56.8 Å². The van der Waals surface area contributed by atoms with Gasteiger partial charge < -0.3 is 17.0 Å². The average molecular weight is 134 g/mol. The second-order valence-corrected chi connectivity index (χ2v) is 2.23. The van der Waals surface area contributed by atoms with E-state index in [2.05, 4.69) is 0 Å². The van der Waals surface area contributed by atoms with Crippen LogP contribution in [0.15, 0.2) is 0 Å². The molecule has 0 aromatic carbocycles. The molecule has 0 aromatic heterocycles. The molecule has 0 spiro atoms. The Morgan fingerprint density at radius 2 is 1.67 bits per heavy atom. The van der Waals surface area contributed by atoms with Crippen LogP contribution in [0.3, 0.4) is 0 Å². The van der Waals surface area contributed by atoms with E-state index in [9.17, 15) is 0 Å². The lowest BCUT2D eigenvalue weighted by Crippen LogP contribution is -2.42. The fourth-order valence-corrected chi connectivity index (χ4v) is 0.474. The van der Waals surface area contributed by atoms with Crippen molar-refractivity contribution < 1.29 is 5.11 Å². The Morgan fingerprint density at radius 1 is 1.33 bits per heavy atom. The Balaban J connectivity index is 0. The summed E-state index contributed by atoms with van der Waals surface area (Å²) < 4.78 is 0. The van der Waals surface area contributed by atoms with Gasteiger partial charge in [0.2, 0.25) is 0 Å². The van der Waals surface area contributed by atoms with Crippen LogP contribution in [-0.4, -0.2) is 17.3 Å². The fourth-order valence-electron chi connectivity index (χ4n) is 0.474. The van der Waals surface area contributed by atoms with Crippen molar-refractivity contribution in [1.29, 1.82) is 0 Å². The summed E-state index contributed by atoms with van der Waals surface area (Å²) in [7, 11) is 0. The maximum atomic E-state index is 8.66. The first kappa shape index (κ1) is 11.6. The van der Waals surface area contributed by atoms with Gasteiger partial charge in [0.05, 0.1) is 6.61 Å². The Hall–Kier alpha value is -0.120. The van der Waals surface area contributed by atoms with Gasteiger partial charge in [0.25, 0.3) is 0 Å². The molecule has 0 saturated heterocycles. The zero-order chi connectivity index (χ0) is 6.62. The molecule has 0 amide bonds. The average Bonchev–Trinajstić information content (AvgIpc) is 1.87. The number of hydrogen-bond acceptors (Lipinski definition) is 3. The van der Waals surface area contributed by atoms with Gasteiger partial charge in [0.1, 0.15) is 0 Å². The summed E-state index contributed by atoms with van der Waals surface area (Å²) in [4.78, 5) is 0. The van der Waals surface area contributed by atoms with E-state index >= 15 is 0 Å². The molecular formula is C6H18N2O. The van der Waals surface area contributed by atoms with Crippen molar-refractivity contribution in [2.24, 2.45) is 5.73 Å². The normalized spacial score (nSPS) is 10.7. The molecule has 58 valence electrons. The van der Waals surface area contributed by atoms with E-state index in [-0.39, 0.29) is 18.3 Å². The van der Waals surface area contributed by atoms with Crippen molar-refractivity contribution in [2.75, 3.05) is 6.61 Å². The summed E-state index contributed by atoms with van der Waals surface area (Å²) in [5.74, 6) is 0. The minimum Gasteiger partial charge on any atom is -0.394 e. The van der Waals surface area contributed by atoms with Crippen molar-refractivity contribution in [2.45, 2.75) is 32.2 Å². The predicted molar refractivity (Wildman–Crippen MR) is 39.6 cm³/mol. The third-order valence-electron chi connectivity index (χ3n) is 1.72. The van der Waals surface area contributed by atoms with Crippen LogP contribution in [0.5, 0.6) is 0 Å². The molecule has 9 heavy (non-hydrogen) atoms. The molecule has 0 rings (SSSR count). The highest BCUT2D eigenvalue weighted by Gasteiger charge is 2.17. The first-order valence-electron chi connectivity index (χ1n) is 3.08. The van der Waals surface area contributed by atoms with Gasteiger partial charge in [-0.25, -0.2) is 0 Å². The molecular weight excluding hydrogens is 116 g/mol. The van der Waals surface area contributed by atoms with Crippen LogP contribution in [0.2, 0.25) is 0 Å². The maximum absolute atomic E-state index is 8.66. The van der Waals surface area contributed by atoms with Crippen LogP contribution >= 0.6 is 0 Å². The smallest absolute Gasteiger partial charge is 0.0610 e. The summed E-state index contributed by atoms with van der Waals surface area (Å²) in [6.07, 6.45) is 1.69. The molecule has 0 fully saturated rings. The Kier molecular flexibility index (Phi) is 6.12. The Bertz CT molecular complexity index is 53.8. The van der Waals surface area contributed by atoms with Crippen molar-refractivity contribution in [3.8, 4) is 0 Å². The largest absolute Gasteiger partial charge is 0.394 e. The SMILES string of the molecule is CCC(N)(CC)CO.N. The number of rotatable bonds is 3. The summed E-state index contributed by atoms with van der Waals surface area (Å²) in [5.41, 5.74) is 5.33. The molecule has 0 atom stereocenters. The first-order chi connectivity index (χ1) is 3.68. The monoisotopic (exact) mass is 134 g/mol. The minimum absolute atomic E-state index is 0. The maximum Gasteiger partial charge on any atom is 0.0610 e. The zero-order valence-electron chi connectivity index (χ0n) is 6.35. The lowest BCUT2D eigenvalue weighted by Gasteiger charge is -2.22. The van der Waals surface area contributed by atoms with Gasteiger partial charge in [-0.05, 0) is 12.8 Å². The quantitative estimate of drug-likeness (QED) is 0.530. The number of nitrogens with two attached hydrogens (primary N) is 1. The summed E-state index contributed by atoms with van der Waals surface area (Å²) in [6.45, 7) is 4.07. The highest BCUT2D eigenvalue weighted by molar-refractivity contribution is 4.78. The molecule has 0 saturated carbocycles. The molecule has 0 bridgehead atoms. The van der Waals surface area contributed by atoms with Gasteiger partial charge in [0.15, 0.2) is 0 Å². The molecule has 0 aliphatic heterocycles. The van der Waals surface area contributed by atoms with Crippen molar-refractivity contribution >= 4 is 0 Å². The lowest BCUT2D eigenvalue weighted by atomic mass is 9.96. The molecule has 0 heterocycles. The van der Waals surface area contributed by atoms with Crippen LogP contribution in [-0.2, 0) is 0 Å². The van der Waals surface area contributed by atoms with E-state index in [1.807, 2.05) is 13.8 Å². The highest BCUT2D eigenvalue weighted by Crippen LogP contribution is 2.08. The van der Waals surface area contributed by atoms with E-state index < -0.39 is 0 Å². The lowest BCUT2D eigenvalue weighted by molar-refractivity contribution is 0.187. The van der Waals surface area contributed by atoms with Gasteiger partial charge in [-0.1, -0.05) is 13.8 Å². The number of aliphatic hydroxyl groups is 1. The number of hydrogen-bond donors (Lipinski definition) is 3. The summed E-state index contributed by atoms with van der Waals surface area (Å²) in [6, 6.07) is 0. The molecule has 3 heteroatoms. The Morgan fingerprint density at radius 3 is 1.67 bits per heavy atom. The van der Waals surface area contributed by atoms with Crippen molar-refractivity contribution in [3.63, 3.8) is 0 Å². The van der Waals surface area contributed by atoms with Crippen LogP contribution in [0.4, 0.5) is 0 Å². The molecule has 3 nitrogen and oxygen atoms in total. The van der Waals surface area contributed by atoms with Gasteiger partial charge in [0, 0.05) is 5.54 Å². The molecule has 0 aromatic rings.